The third kappa shape index (κ3) is 5.65. The van der Waals surface area contributed by atoms with Crippen molar-refractivity contribution in [2.75, 3.05) is 25.0 Å². The molecular weight excluding hydrogens is 447 g/mol. The van der Waals surface area contributed by atoms with Gasteiger partial charge in [0.2, 0.25) is 21.8 Å². The molecule has 1 aliphatic heterocycles. The second-order valence-corrected chi connectivity index (χ2v) is 9.43. The highest BCUT2D eigenvalue weighted by molar-refractivity contribution is 7.89. The Morgan fingerprint density at radius 2 is 1.88 bits per heavy atom. The predicted molar refractivity (Wildman–Crippen MR) is 111 cm³/mol. The van der Waals surface area contributed by atoms with Crippen LogP contribution in [0.25, 0.3) is 0 Å². The van der Waals surface area contributed by atoms with Crippen LogP contribution in [0.15, 0.2) is 53.4 Å². The molecule has 1 aliphatic rings. The molecule has 3 rings (SSSR count). The average Bonchev–Trinajstić information content (AvgIpc) is 2.73. The summed E-state index contributed by atoms with van der Waals surface area (Å²) in [5.74, 6) is -1.15. The summed E-state index contributed by atoms with van der Waals surface area (Å²) in [5.41, 5.74) is 0.0760. The van der Waals surface area contributed by atoms with Crippen molar-refractivity contribution in [1.82, 2.24) is 9.62 Å². The predicted octanol–water partition coefficient (Wildman–Crippen LogP) is 2.96. The van der Waals surface area contributed by atoms with E-state index in [-0.39, 0.29) is 48.5 Å². The Hall–Kier alpha value is -2.92. The summed E-state index contributed by atoms with van der Waals surface area (Å²) in [5, 5.41) is 5.18. The number of anilines is 1. The number of sulfonamides is 1. The van der Waals surface area contributed by atoms with Gasteiger partial charge < -0.3 is 10.6 Å². The molecule has 1 unspecified atom stereocenters. The minimum absolute atomic E-state index is 0.00532. The Labute approximate surface area is 183 Å². The molecule has 0 saturated carbocycles. The molecule has 0 spiro atoms. The number of piperazine rings is 1. The highest BCUT2D eigenvalue weighted by Gasteiger charge is 2.31. The fourth-order valence-electron chi connectivity index (χ4n) is 3.31. The Bertz CT molecular complexity index is 1100. The van der Waals surface area contributed by atoms with Crippen molar-refractivity contribution in [3.63, 3.8) is 0 Å². The third-order valence-electron chi connectivity index (χ3n) is 5.06. The summed E-state index contributed by atoms with van der Waals surface area (Å²) in [6.45, 7) is 1.81. The Morgan fingerprint density at radius 1 is 1.19 bits per heavy atom. The normalized spacial score (nSPS) is 16.3. The van der Waals surface area contributed by atoms with Gasteiger partial charge in [-0.25, -0.2) is 8.42 Å². The van der Waals surface area contributed by atoms with Crippen LogP contribution >= 0.6 is 0 Å². The van der Waals surface area contributed by atoms with Crippen molar-refractivity contribution in [1.29, 1.82) is 0 Å². The summed E-state index contributed by atoms with van der Waals surface area (Å²) in [4.78, 5) is 23.9. The van der Waals surface area contributed by atoms with Crippen LogP contribution in [0.3, 0.4) is 0 Å². The lowest BCUT2D eigenvalue weighted by molar-refractivity contribution is -0.137. The number of carbonyl (C=O) groups is 2. The van der Waals surface area contributed by atoms with Crippen LogP contribution in [0, 0.1) is 0 Å². The van der Waals surface area contributed by atoms with Gasteiger partial charge in [0.1, 0.15) is 0 Å². The van der Waals surface area contributed by atoms with Crippen molar-refractivity contribution in [2.24, 2.45) is 0 Å². The number of hydrogen-bond donors (Lipinski definition) is 2. The van der Waals surface area contributed by atoms with Gasteiger partial charge in [0.25, 0.3) is 0 Å². The van der Waals surface area contributed by atoms with Crippen LogP contribution in [0.4, 0.5) is 18.9 Å². The number of nitrogens with zero attached hydrogens (tertiary/aromatic N) is 1. The number of benzene rings is 2. The third-order valence-corrected chi connectivity index (χ3v) is 6.90. The molecule has 1 heterocycles. The van der Waals surface area contributed by atoms with Gasteiger partial charge >= 0.3 is 6.18 Å². The van der Waals surface area contributed by atoms with Gasteiger partial charge in [-0.05, 0) is 41.8 Å². The van der Waals surface area contributed by atoms with E-state index in [1.165, 1.54) is 36.4 Å². The Morgan fingerprint density at radius 3 is 2.50 bits per heavy atom. The topological polar surface area (TPSA) is 95.6 Å². The molecule has 2 aromatic rings. The minimum atomic E-state index is -4.43. The number of hydrogen-bond acceptors (Lipinski definition) is 4. The quantitative estimate of drug-likeness (QED) is 0.680. The lowest BCUT2D eigenvalue weighted by atomic mass is 9.96. The van der Waals surface area contributed by atoms with Crippen molar-refractivity contribution in [3.05, 3.63) is 59.7 Å². The number of amides is 2. The lowest BCUT2D eigenvalue weighted by Crippen LogP contribution is -2.49. The fraction of sp³-hybridized carbons (Fsp3) is 0.333. The molecular formula is C21H22F3N3O4S. The standard InChI is InChI=1S/C21H22F3N3O4S/c1-14(15-5-7-16(8-6-15)21(22,23)24)11-19(28)26-17-3-2-4-18(12-17)32(30,31)27-10-9-25-20(29)13-27/h2-8,12,14H,9-11,13H2,1H3,(H,25,29)(H,26,28). The number of halogens is 3. The van der Waals surface area contributed by atoms with Crippen molar-refractivity contribution in [2.45, 2.75) is 30.3 Å². The zero-order valence-corrected chi connectivity index (χ0v) is 18.0. The van der Waals surface area contributed by atoms with E-state index in [1.807, 2.05) is 0 Å². The highest BCUT2D eigenvalue weighted by atomic mass is 32.2. The van der Waals surface area contributed by atoms with Gasteiger partial charge in [-0.3, -0.25) is 9.59 Å². The first-order valence-electron chi connectivity index (χ1n) is 9.81. The Kier molecular flexibility index (Phi) is 6.89. The van der Waals surface area contributed by atoms with Crippen LogP contribution in [-0.2, 0) is 25.8 Å². The van der Waals surface area contributed by atoms with Crippen LogP contribution in [-0.4, -0.2) is 44.2 Å². The van der Waals surface area contributed by atoms with E-state index >= 15 is 0 Å². The summed E-state index contributed by atoms with van der Waals surface area (Å²) < 4.78 is 64.7. The van der Waals surface area contributed by atoms with E-state index in [1.54, 1.807) is 6.92 Å². The van der Waals surface area contributed by atoms with Gasteiger partial charge in [0.15, 0.2) is 0 Å². The van der Waals surface area contributed by atoms with Crippen LogP contribution < -0.4 is 10.6 Å². The molecule has 1 fully saturated rings. The maximum absolute atomic E-state index is 12.8. The maximum atomic E-state index is 12.8. The monoisotopic (exact) mass is 469 g/mol. The van der Waals surface area contributed by atoms with Crippen molar-refractivity contribution < 1.29 is 31.2 Å². The molecule has 0 aliphatic carbocycles. The molecule has 0 radical (unpaired) electrons. The summed E-state index contributed by atoms with van der Waals surface area (Å²) >= 11 is 0. The van der Waals surface area contributed by atoms with E-state index in [4.69, 9.17) is 0 Å². The molecule has 7 nitrogen and oxygen atoms in total. The summed E-state index contributed by atoms with van der Waals surface area (Å²) in [7, 11) is -3.91. The summed E-state index contributed by atoms with van der Waals surface area (Å²) in [6.07, 6.45) is -4.43. The molecule has 0 bridgehead atoms. The molecule has 2 aromatic carbocycles. The van der Waals surface area contributed by atoms with Crippen molar-refractivity contribution >= 4 is 27.5 Å². The number of rotatable bonds is 6. The molecule has 2 amide bonds. The number of nitrogens with one attached hydrogen (secondary N) is 2. The van der Waals surface area contributed by atoms with Crippen molar-refractivity contribution in [3.8, 4) is 0 Å². The van der Waals surface area contributed by atoms with Gasteiger partial charge in [-0.1, -0.05) is 25.1 Å². The maximum Gasteiger partial charge on any atom is 0.416 e. The van der Waals surface area contributed by atoms with Gasteiger partial charge in [0.05, 0.1) is 17.0 Å². The lowest BCUT2D eigenvalue weighted by Gasteiger charge is -2.26. The zero-order valence-electron chi connectivity index (χ0n) is 17.1. The average molecular weight is 469 g/mol. The molecule has 32 heavy (non-hydrogen) atoms. The molecule has 11 heteroatoms. The zero-order chi connectivity index (χ0) is 23.5. The first-order chi connectivity index (χ1) is 15.0. The Balaban J connectivity index is 1.66. The van der Waals surface area contributed by atoms with Crippen LogP contribution in [0.5, 0.6) is 0 Å². The van der Waals surface area contributed by atoms with E-state index in [0.717, 1.165) is 16.4 Å². The fourth-order valence-corrected chi connectivity index (χ4v) is 4.76. The van der Waals surface area contributed by atoms with Gasteiger partial charge in [-0.2, -0.15) is 17.5 Å². The number of carbonyl (C=O) groups excluding carboxylic acids is 2. The molecule has 1 atom stereocenters. The highest BCUT2D eigenvalue weighted by Crippen LogP contribution is 2.31. The van der Waals surface area contributed by atoms with E-state index in [2.05, 4.69) is 10.6 Å². The van der Waals surface area contributed by atoms with E-state index in [9.17, 15) is 31.2 Å². The molecule has 1 saturated heterocycles. The van der Waals surface area contributed by atoms with Crippen LogP contribution in [0.1, 0.15) is 30.4 Å². The first-order valence-corrected chi connectivity index (χ1v) is 11.2. The number of alkyl halides is 3. The van der Waals surface area contributed by atoms with Gasteiger partial charge in [0, 0.05) is 25.2 Å². The molecule has 0 aromatic heterocycles. The first kappa shape index (κ1) is 23.7. The van der Waals surface area contributed by atoms with Gasteiger partial charge in [-0.15, -0.1) is 0 Å². The minimum Gasteiger partial charge on any atom is -0.354 e. The second-order valence-electron chi connectivity index (χ2n) is 7.49. The van der Waals surface area contributed by atoms with Crippen LogP contribution in [0.2, 0.25) is 0 Å². The molecule has 2 N–H and O–H groups in total. The summed E-state index contributed by atoms with van der Waals surface area (Å²) in [6, 6.07) is 10.3. The van der Waals surface area contributed by atoms with E-state index < -0.39 is 27.7 Å². The second kappa shape index (κ2) is 9.29. The largest absolute Gasteiger partial charge is 0.416 e. The smallest absolute Gasteiger partial charge is 0.354 e. The van der Waals surface area contributed by atoms with E-state index in [0.29, 0.717) is 5.56 Å². The SMILES string of the molecule is CC(CC(=O)Nc1cccc(S(=O)(=O)N2CCNC(=O)C2)c1)c1ccc(C(F)(F)F)cc1. The molecule has 172 valence electrons.